The van der Waals surface area contributed by atoms with Crippen LogP contribution in [0.5, 0.6) is 0 Å². The van der Waals surface area contributed by atoms with Crippen molar-refractivity contribution < 1.29 is 4.79 Å². The summed E-state index contributed by atoms with van der Waals surface area (Å²) in [7, 11) is 0. The average Bonchev–Trinajstić information content (AvgIpc) is 2.75. The van der Waals surface area contributed by atoms with Crippen LogP contribution in [-0.4, -0.2) is 39.5 Å². The lowest BCUT2D eigenvalue weighted by Gasteiger charge is -2.19. The highest BCUT2D eigenvalue weighted by atomic mass is 16.2. The molecule has 0 aromatic carbocycles. The first-order valence-corrected chi connectivity index (χ1v) is 6.58. The van der Waals surface area contributed by atoms with E-state index < -0.39 is 0 Å². The van der Waals surface area contributed by atoms with Gasteiger partial charge < -0.3 is 14.8 Å². The van der Waals surface area contributed by atoms with Gasteiger partial charge in [0, 0.05) is 31.9 Å². The molecule has 0 aliphatic rings. The summed E-state index contributed by atoms with van der Waals surface area (Å²) in [5.41, 5.74) is 1.05. The molecule has 0 aliphatic heterocycles. The summed E-state index contributed by atoms with van der Waals surface area (Å²) in [5, 5.41) is 3.33. The fraction of sp³-hybridized carbons (Fsp3) is 0.692. The van der Waals surface area contributed by atoms with Crippen molar-refractivity contribution in [3.05, 3.63) is 18.2 Å². The predicted octanol–water partition coefficient (Wildman–Crippen LogP) is 1.25. The van der Waals surface area contributed by atoms with Crippen LogP contribution < -0.4 is 5.32 Å². The summed E-state index contributed by atoms with van der Waals surface area (Å²) in [6.45, 7) is 10.8. The zero-order valence-corrected chi connectivity index (χ0v) is 11.8. The van der Waals surface area contributed by atoms with Crippen molar-refractivity contribution in [2.75, 3.05) is 13.1 Å². The molecule has 0 unspecified atom stereocenters. The van der Waals surface area contributed by atoms with Gasteiger partial charge in [-0.1, -0.05) is 13.8 Å². The van der Waals surface area contributed by atoms with Gasteiger partial charge in [0.2, 0.25) is 5.91 Å². The van der Waals surface area contributed by atoms with Crippen LogP contribution in [-0.2, 0) is 17.9 Å². The number of nitrogens with one attached hydrogen (secondary N) is 1. The molecule has 5 nitrogen and oxygen atoms in total. The van der Waals surface area contributed by atoms with E-state index in [0.29, 0.717) is 12.6 Å². The summed E-state index contributed by atoms with van der Waals surface area (Å²) in [4.78, 5) is 18.0. The normalized spacial score (nSPS) is 10.9. The maximum absolute atomic E-state index is 12.0. The SMILES string of the molecule is CCN(CC)C(=O)Cn1cncc1CNC(C)C. The molecule has 0 spiro atoms. The molecule has 1 aromatic heterocycles. The van der Waals surface area contributed by atoms with E-state index in [-0.39, 0.29) is 5.91 Å². The fourth-order valence-electron chi connectivity index (χ4n) is 1.77. The number of likely N-dealkylation sites (N-methyl/N-ethyl adjacent to an activating group) is 1. The molecule has 0 atom stereocenters. The average molecular weight is 252 g/mol. The molecule has 0 bridgehead atoms. The molecular formula is C13H24N4O. The molecule has 0 fully saturated rings. The Morgan fingerprint density at radius 1 is 1.44 bits per heavy atom. The predicted molar refractivity (Wildman–Crippen MR) is 72.1 cm³/mol. The van der Waals surface area contributed by atoms with Gasteiger partial charge in [-0.15, -0.1) is 0 Å². The number of carbonyl (C=O) groups is 1. The van der Waals surface area contributed by atoms with Gasteiger partial charge >= 0.3 is 0 Å². The summed E-state index contributed by atoms with van der Waals surface area (Å²) >= 11 is 0. The lowest BCUT2D eigenvalue weighted by atomic mass is 10.3. The van der Waals surface area contributed by atoms with E-state index in [2.05, 4.69) is 24.1 Å². The van der Waals surface area contributed by atoms with E-state index >= 15 is 0 Å². The first kappa shape index (κ1) is 14.7. The van der Waals surface area contributed by atoms with Crippen LogP contribution in [0.4, 0.5) is 0 Å². The first-order valence-electron chi connectivity index (χ1n) is 6.58. The van der Waals surface area contributed by atoms with Crippen LogP contribution in [0.3, 0.4) is 0 Å². The quantitative estimate of drug-likeness (QED) is 0.794. The third-order valence-electron chi connectivity index (χ3n) is 2.91. The molecule has 1 aromatic rings. The highest BCUT2D eigenvalue weighted by Gasteiger charge is 2.12. The van der Waals surface area contributed by atoms with Crippen LogP contribution in [0.2, 0.25) is 0 Å². The smallest absolute Gasteiger partial charge is 0.242 e. The topological polar surface area (TPSA) is 50.2 Å². The Labute approximate surface area is 109 Å². The van der Waals surface area contributed by atoms with E-state index in [1.165, 1.54) is 0 Å². The Morgan fingerprint density at radius 2 is 2.11 bits per heavy atom. The van der Waals surface area contributed by atoms with Crippen molar-refractivity contribution in [1.82, 2.24) is 19.8 Å². The largest absolute Gasteiger partial charge is 0.342 e. The van der Waals surface area contributed by atoms with Crippen molar-refractivity contribution in [3.8, 4) is 0 Å². The summed E-state index contributed by atoms with van der Waals surface area (Å²) < 4.78 is 1.91. The number of aromatic nitrogens is 2. The van der Waals surface area contributed by atoms with Gasteiger partial charge in [-0.3, -0.25) is 4.79 Å². The van der Waals surface area contributed by atoms with Crippen molar-refractivity contribution in [3.63, 3.8) is 0 Å². The Bertz CT molecular complexity index is 369. The molecule has 0 saturated heterocycles. The van der Waals surface area contributed by atoms with Crippen molar-refractivity contribution >= 4 is 5.91 Å². The van der Waals surface area contributed by atoms with Crippen LogP contribution in [0, 0.1) is 0 Å². The van der Waals surface area contributed by atoms with E-state index in [0.717, 1.165) is 25.3 Å². The van der Waals surface area contributed by atoms with Crippen molar-refractivity contribution in [2.24, 2.45) is 0 Å². The summed E-state index contributed by atoms with van der Waals surface area (Å²) in [6, 6.07) is 0.423. The lowest BCUT2D eigenvalue weighted by Crippen LogP contribution is -2.34. The fourth-order valence-corrected chi connectivity index (χ4v) is 1.77. The highest BCUT2D eigenvalue weighted by Crippen LogP contribution is 2.02. The van der Waals surface area contributed by atoms with E-state index in [1.807, 2.05) is 29.5 Å². The number of amides is 1. The Morgan fingerprint density at radius 3 is 2.67 bits per heavy atom. The Hall–Kier alpha value is -1.36. The number of hydrogen-bond acceptors (Lipinski definition) is 3. The summed E-state index contributed by atoms with van der Waals surface area (Å²) in [6.07, 6.45) is 3.53. The number of imidazole rings is 1. The lowest BCUT2D eigenvalue weighted by molar-refractivity contribution is -0.131. The molecule has 0 radical (unpaired) electrons. The monoisotopic (exact) mass is 252 g/mol. The minimum absolute atomic E-state index is 0.142. The minimum Gasteiger partial charge on any atom is -0.342 e. The van der Waals surface area contributed by atoms with E-state index in [9.17, 15) is 4.79 Å². The van der Waals surface area contributed by atoms with Gasteiger partial charge in [0.05, 0.1) is 12.0 Å². The number of carbonyl (C=O) groups excluding carboxylic acids is 1. The molecule has 0 saturated carbocycles. The van der Waals surface area contributed by atoms with Crippen LogP contribution in [0.15, 0.2) is 12.5 Å². The molecule has 0 aliphatic carbocycles. The second-order valence-electron chi connectivity index (χ2n) is 4.61. The molecule has 5 heteroatoms. The van der Waals surface area contributed by atoms with Crippen molar-refractivity contribution in [2.45, 2.75) is 46.8 Å². The van der Waals surface area contributed by atoms with E-state index in [4.69, 9.17) is 0 Å². The van der Waals surface area contributed by atoms with Gasteiger partial charge in [0.25, 0.3) is 0 Å². The maximum atomic E-state index is 12.0. The Kier molecular flexibility index (Phi) is 5.85. The Balaban J connectivity index is 2.61. The number of rotatable bonds is 7. The van der Waals surface area contributed by atoms with Gasteiger partial charge in [0.15, 0.2) is 0 Å². The highest BCUT2D eigenvalue weighted by molar-refractivity contribution is 5.76. The maximum Gasteiger partial charge on any atom is 0.242 e. The van der Waals surface area contributed by atoms with Crippen LogP contribution >= 0.6 is 0 Å². The molecule has 102 valence electrons. The summed E-state index contributed by atoms with van der Waals surface area (Å²) in [5.74, 6) is 0.142. The molecule has 1 rings (SSSR count). The van der Waals surface area contributed by atoms with Crippen LogP contribution in [0.25, 0.3) is 0 Å². The molecule has 1 N–H and O–H groups in total. The molecule has 1 amide bonds. The minimum atomic E-state index is 0.142. The molecule has 1 heterocycles. The second kappa shape index (κ2) is 7.16. The third-order valence-corrected chi connectivity index (χ3v) is 2.91. The van der Waals surface area contributed by atoms with Crippen LogP contribution in [0.1, 0.15) is 33.4 Å². The van der Waals surface area contributed by atoms with Gasteiger partial charge in [-0.05, 0) is 13.8 Å². The second-order valence-corrected chi connectivity index (χ2v) is 4.61. The van der Waals surface area contributed by atoms with Gasteiger partial charge in [0.1, 0.15) is 6.54 Å². The zero-order valence-electron chi connectivity index (χ0n) is 11.8. The third kappa shape index (κ3) is 4.14. The van der Waals surface area contributed by atoms with Gasteiger partial charge in [-0.2, -0.15) is 0 Å². The zero-order chi connectivity index (χ0) is 13.5. The standard InChI is InChI=1S/C13H24N4O/c1-5-16(6-2)13(18)9-17-10-14-7-12(17)8-15-11(3)4/h7,10-11,15H,5-6,8-9H2,1-4H3. The van der Waals surface area contributed by atoms with E-state index in [1.54, 1.807) is 6.33 Å². The molecule has 18 heavy (non-hydrogen) atoms. The van der Waals surface area contributed by atoms with Gasteiger partial charge in [-0.25, -0.2) is 4.98 Å². The number of nitrogens with zero attached hydrogens (tertiary/aromatic N) is 3. The number of hydrogen-bond donors (Lipinski definition) is 1. The van der Waals surface area contributed by atoms with Crippen molar-refractivity contribution in [1.29, 1.82) is 0 Å². The first-order chi connectivity index (χ1) is 8.58. The molecular weight excluding hydrogens is 228 g/mol.